The van der Waals surface area contributed by atoms with Crippen molar-refractivity contribution in [2.24, 2.45) is 7.05 Å². The van der Waals surface area contributed by atoms with Gasteiger partial charge in [0.05, 0.1) is 6.20 Å². The van der Waals surface area contributed by atoms with Crippen molar-refractivity contribution >= 4 is 17.3 Å². The summed E-state index contributed by atoms with van der Waals surface area (Å²) < 4.78 is 16.9. The Balaban J connectivity index is 1.15. The molecule has 9 nitrogen and oxygen atoms in total. The molecule has 0 bridgehead atoms. The average Bonchev–Trinajstić information content (AvgIpc) is 3.55. The Kier molecular flexibility index (Phi) is 5.55. The summed E-state index contributed by atoms with van der Waals surface area (Å²) in [5.41, 5.74) is 5.12. The van der Waals surface area contributed by atoms with Crippen LogP contribution in [0, 0.1) is 5.82 Å². The lowest BCUT2D eigenvalue weighted by Gasteiger charge is -2.35. The predicted octanol–water partition coefficient (Wildman–Crippen LogP) is 3.54. The lowest BCUT2D eigenvalue weighted by Crippen LogP contribution is -2.47. The van der Waals surface area contributed by atoms with Crippen LogP contribution in [0.1, 0.15) is 24.0 Å². The fraction of sp³-hybridized carbons (Fsp3) is 0.269. The summed E-state index contributed by atoms with van der Waals surface area (Å²) in [7, 11) is 1.91. The van der Waals surface area contributed by atoms with Crippen molar-refractivity contribution in [3.05, 3.63) is 84.6 Å². The number of nitrogens with zero attached hydrogens (tertiary/aromatic N) is 9. The van der Waals surface area contributed by atoms with Crippen LogP contribution in [0.2, 0.25) is 0 Å². The summed E-state index contributed by atoms with van der Waals surface area (Å²) in [6, 6.07) is 8.70. The minimum absolute atomic E-state index is 0.0928. The van der Waals surface area contributed by atoms with Crippen molar-refractivity contribution in [3.63, 3.8) is 0 Å². The van der Waals surface area contributed by atoms with Gasteiger partial charge >= 0.3 is 0 Å². The number of hydrogen-bond donors (Lipinski definition) is 0. The van der Waals surface area contributed by atoms with E-state index in [2.05, 4.69) is 47.9 Å². The highest BCUT2D eigenvalue weighted by Gasteiger charge is 2.23. The van der Waals surface area contributed by atoms with E-state index in [0.29, 0.717) is 0 Å². The Labute approximate surface area is 207 Å². The maximum atomic E-state index is 13.3. The van der Waals surface area contributed by atoms with E-state index in [9.17, 15) is 4.39 Å². The Morgan fingerprint density at radius 3 is 2.22 bits per heavy atom. The number of hydrogen-bond acceptors (Lipinski definition) is 7. The fourth-order valence-electron chi connectivity index (χ4n) is 4.67. The first kappa shape index (κ1) is 22.1. The molecular formula is C26H26FN9. The molecule has 0 radical (unpaired) electrons. The van der Waals surface area contributed by atoms with Crippen LogP contribution >= 0.6 is 0 Å². The summed E-state index contributed by atoms with van der Waals surface area (Å²) in [5, 5.41) is 8.68. The second-order valence-corrected chi connectivity index (χ2v) is 9.11. The molecule has 1 saturated heterocycles. The largest absolute Gasteiger partial charge is 0.351 e. The maximum absolute atomic E-state index is 13.3. The number of halogens is 1. The van der Waals surface area contributed by atoms with Gasteiger partial charge in [0.2, 0.25) is 5.95 Å². The summed E-state index contributed by atoms with van der Waals surface area (Å²) in [6.07, 6.45) is 11.2. The molecule has 10 heteroatoms. The third-order valence-corrected chi connectivity index (χ3v) is 6.81. The highest BCUT2D eigenvalue weighted by atomic mass is 19.1. The van der Waals surface area contributed by atoms with Gasteiger partial charge in [-0.05, 0) is 29.3 Å². The van der Waals surface area contributed by atoms with Crippen molar-refractivity contribution in [2.75, 3.05) is 36.0 Å². The number of rotatable bonds is 5. The van der Waals surface area contributed by atoms with Crippen molar-refractivity contribution in [3.8, 4) is 11.1 Å². The van der Waals surface area contributed by atoms with Crippen molar-refractivity contribution in [2.45, 2.75) is 12.8 Å². The Morgan fingerprint density at radius 2 is 1.53 bits per heavy atom. The van der Waals surface area contributed by atoms with Crippen LogP contribution in [-0.2, 0) is 7.05 Å². The van der Waals surface area contributed by atoms with E-state index in [4.69, 9.17) is 0 Å². The topological polar surface area (TPSA) is 80.3 Å². The Bertz CT molecular complexity index is 1480. The molecule has 0 unspecified atom stereocenters. The van der Waals surface area contributed by atoms with Crippen molar-refractivity contribution in [1.82, 2.24) is 34.3 Å². The first-order chi connectivity index (χ1) is 17.5. The molecule has 1 aliphatic heterocycles. The van der Waals surface area contributed by atoms with E-state index in [1.165, 1.54) is 12.1 Å². The summed E-state index contributed by atoms with van der Waals surface area (Å²) in [5.74, 6) is 1.50. The first-order valence-electron chi connectivity index (χ1n) is 11.9. The van der Waals surface area contributed by atoms with Gasteiger partial charge in [-0.25, -0.2) is 23.9 Å². The number of aromatic nitrogens is 7. The lowest BCUT2D eigenvalue weighted by atomic mass is 9.95. The zero-order valence-electron chi connectivity index (χ0n) is 20.2. The number of anilines is 2. The van der Waals surface area contributed by atoms with Gasteiger partial charge in [-0.1, -0.05) is 19.1 Å². The molecule has 5 aromatic rings. The molecule has 36 heavy (non-hydrogen) atoms. The first-order valence-corrected chi connectivity index (χ1v) is 11.9. The zero-order valence-corrected chi connectivity index (χ0v) is 20.2. The molecule has 1 aromatic carbocycles. The summed E-state index contributed by atoms with van der Waals surface area (Å²) in [4.78, 5) is 18.4. The van der Waals surface area contributed by atoms with Crippen LogP contribution in [0.4, 0.5) is 16.2 Å². The van der Waals surface area contributed by atoms with E-state index in [1.54, 1.807) is 11.0 Å². The fourth-order valence-corrected chi connectivity index (χ4v) is 4.67. The number of aryl methyl sites for hydroxylation is 1. The smallest absolute Gasteiger partial charge is 0.225 e. The molecule has 5 heterocycles. The molecule has 0 spiro atoms. The van der Waals surface area contributed by atoms with Crippen LogP contribution in [0.5, 0.6) is 0 Å². The molecule has 1 atom stereocenters. The van der Waals surface area contributed by atoms with E-state index < -0.39 is 0 Å². The zero-order chi connectivity index (χ0) is 24.6. The minimum atomic E-state index is -0.231. The highest BCUT2D eigenvalue weighted by Crippen LogP contribution is 2.28. The predicted molar refractivity (Wildman–Crippen MR) is 136 cm³/mol. The molecule has 0 amide bonds. The number of benzene rings is 1. The molecule has 4 aromatic heterocycles. The molecular weight excluding hydrogens is 457 g/mol. The molecule has 0 N–H and O–H groups in total. The highest BCUT2D eigenvalue weighted by molar-refractivity contribution is 5.77. The van der Waals surface area contributed by atoms with Gasteiger partial charge in [0.15, 0.2) is 5.82 Å². The van der Waals surface area contributed by atoms with Crippen LogP contribution in [0.25, 0.3) is 16.6 Å². The molecule has 1 aliphatic rings. The van der Waals surface area contributed by atoms with Crippen LogP contribution < -0.4 is 9.80 Å². The van der Waals surface area contributed by atoms with E-state index >= 15 is 0 Å². The van der Waals surface area contributed by atoms with Crippen LogP contribution in [0.15, 0.2) is 67.6 Å². The Morgan fingerprint density at radius 1 is 0.806 bits per heavy atom. The van der Waals surface area contributed by atoms with E-state index in [1.807, 2.05) is 54.7 Å². The average molecular weight is 484 g/mol. The van der Waals surface area contributed by atoms with Gasteiger partial charge in [-0.2, -0.15) is 10.2 Å². The van der Waals surface area contributed by atoms with Gasteiger partial charge < -0.3 is 9.80 Å². The van der Waals surface area contributed by atoms with E-state index in [0.717, 1.165) is 65.7 Å². The van der Waals surface area contributed by atoms with Gasteiger partial charge in [0, 0.05) is 75.1 Å². The summed E-state index contributed by atoms with van der Waals surface area (Å²) >= 11 is 0. The minimum Gasteiger partial charge on any atom is -0.351 e. The normalized spacial score (nSPS) is 15.0. The van der Waals surface area contributed by atoms with Gasteiger partial charge in [0.25, 0.3) is 0 Å². The second-order valence-electron chi connectivity index (χ2n) is 9.11. The molecule has 182 valence electrons. The quantitative estimate of drug-likeness (QED) is 0.378. The van der Waals surface area contributed by atoms with Gasteiger partial charge in [-0.15, -0.1) is 0 Å². The molecule has 6 rings (SSSR count). The van der Waals surface area contributed by atoms with Crippen molar-refractivity contribution < 1.29 is 4.39 Å². The third kappa shape index (κ3) is 4.15. The second kappa shape index (κ2) is 9.03. The molecule has 1 fully saturated rings. The van der Waals surface area contributed by atoms with Crippen molar-refractivity contribution in [1.29, 1.82) is 0 Å². The standard InChI is InChI=1S/C26H26FN9/c1-18(19-3-5-23(27)6-4-19)21-12-28-26(29-13-21)35-9-7-34(8-10-35)25-24-11-20(16-36(24)32-17-30-25)22-14-31-33(2)15-22/h3-6,11-18H,7-10H2,1-2H3/t18-/m0/s1. The van der Waals surface area contributed by atoms with Crippen LogP contribution in [0.3, 0.4) is 0 Å². The number of fused-ring (bicyclic) bond motifs is 1. The van der Waals surface area contributed by atoms with Crippen LogP contribution in [-0.4, -0.2) is 60.5 Å². The van der Waals surface area contributed by atoms with Gasteiger partial charge in [0.1, 0.15) is 17.7 Å². The summed E-state index contributed by atoms with van der Waals surface area (Å²) in [6.45, 7) is 5.26. The lowest BCUT2D eigenvalue weighted by molar-refractivity contribution is 0.626. The van der Waals surface area contributed by atoms with E-state index in [-0.39, 0.29) is 11.7 Å². The third-order valence-electron chi connectivity index (χ3n) is 6.81. The maximum Gasteiger partial charge on any atom is 0.225 e. The monoisotopic (exact) mass is 483 g/mol. The Hall–Kier alpha value is -4.34. The number of piperazine rings is 1. The molecule has 0 aliphatic carbocycles. The molecule has 0 saturated carbocycles. The SMILES string of the molecule is C[C@@H](c1ccc(F)cc1)c1cnc(N2CCN(c3ncnn4cc(-c5cnn(C)c5)cc34)CC2)nc1. The van der Waals surface area contributed by atoms with Gasteiger partial charge in [-0.3, -0.25) is 4.68 Å².